The fourth-order valence-electron chi connectivity index (χ4n) is 1.64. The van der Waals surface area contributed by atoms with Gasteiger partial charge in [0.25, 0.3) is 5.91 Å². The van der Waals surface area contributed by atoms with Gasteiger partial charge in [0, 0.05) is 12.0 Å². The quantitative estimate of drug-likeness (QED) is 0.765. The number of aliphatic hydroxyl groups excluding tert-OH is 1. The molecule has 0 aliphatic heterocycles. The Bertz CT molecular complexity index is 408. The molecule has 0 aliphatic rings. The minimum Gasteiger partial charge on any atom is -0.396 e. The Hall–Kier alpha value is 0.0900. The first kappa shape index (κ1) is 16.1. The molecule has 0 aliphatic carbocycles. The summed E-state index contributed by atoms with van der Waals surface area (Å²) in [6.45, 7) is 4.65. The van der Waals surface area contributed by atoms with Gasteiger partial charge >= 0.3 is 0 Å². The van der Waals surface area contributed by atoms with E-state index < -0.39 is 0 Å². The Kier molecular flexibility index (Phi) is 6.30. The molecule has 0 atom stereocenters. The van der Waals surface area contributed by atoms with Crippen LogP contribution in [0.15, 0.2) is 13.6 Å². The molecule has 102 valence electrons. The van der Waals surface area contributed by atoms with Gasteiger partial charge in [-0.1, -0.05) is 13.8 Å². The molecule has 0 saturated carbocycles. The van der Waals surface area contributed by atoms with Crippen molar-refractivity contribution in [2.45, 2.75) is 26.7 Å². The third kappa shape index (κ3) is 3.79. The topological polar surface area (TPSA) is 49.3 Å². The second-order valence-electron chi connectivity index (χ2n) is 4.29. The zero-order valence-electron chi connectivity index (χ0n) is 10.4. The van der Waals surface area contributed by atoms with Gasteiger partial charge in [-0.05, 0) is 50.8 Å². The van der Waals surface area contributed by atoms with Crippen molar-refractivity contribution in [3.63, 3.8) is 0 Å². The summed E-state index contributed by atoms with van der Waals surface area (Å²) in [5.41, 5.74) is 0.418. The molecular weight excluding hydrogens is 382 g/mol. The van der Waals surface area contributed by atoms with Crippen LogP contribution in [0, 0.1) is 5.41 Å². The van der Waals surface area contributed by atoms with Crippen molar-refractivity contribution in [2.24, 2.45) is 5.41 Å². The third-order valence-corrected chi connectivity index (χ3v) is 5.70. The lowest BCUT2D eigenvalue weighted by atomic mass is 9.83. The van der Waals surface area contributed by atoms with Crippen molar-refractivity contribution in [2.75, 3.05) is 13.2 Å². The predicted molar refractivity (Wildman–Crippen MR) is 82.2 cm³/mol. The van der Waals surface area contributed by atoms with Gasteiger partial charge < -0.3 is 10.4 Å². The van der Waals surface area contributed by atoms with Gasteiger partial charge in [-0.2, -0.15) is 0 Å². The Labute approximate surface area is 128 Å². The number of hydrogen-bond donors (Lipinski definition) is 2. The van der Waals surface area contributed by atoms with Crippen LogP contribution in [0.3, 0.4) is 0 Å². The molecule has 1 heterocycles. The number of thiophene rings is 1. The highest BCUT2D eigenvalue weighted by Gasteiger charge is 2.26. The maximum Gasteiger partial charge on any atom is 0.253 e. The summed E-state index contributed by atoms with van der Waals surface area (Å²) in [7, 11) is 0. The van der Waals surface area contributed by atoms with Crippen molar-refractivity contribution < 1.29 is 9.90 Å². The molecule has 0 bridgehead atoms. The summed E-state index contributed by atoms with van der Waals surface area (Å²) in [6, 6.07) is 1.79. The fourth-order valence-corrected chi connectivity index (χ4v) is 4.43. The van der Waals surface area contributed by atoms with Gasteiger partial charge in [0.2, 0.25) is 0 Å². The molecule has 0 aromatic carbocycles. The van der Waals surface area contributed by atoms with E-state index in [4.69, 9.17) is 0 Å². The Morgan fingerprint density at radius 1 is 1.44 bits per heavy atom. The second-order valence-corrected chi connectivity index (χ2v) is 8.04. The lowest BCUT2D eigenvalue weighted by Crippen LogP contribution is -2.39. The predicted octanol–water partition coefficient (Wildman–Crippen LogP) is 3.80. The van der Waals surface area contributed by atoms with Gasteiger partial charge in [0.15, 0.2) is 0 Å². The van der Waals surface area contributed by atoms with E-state index in [1.54, 1.807) is 6.07 Å². The molecule has 0 spiro atoms. The zero-order chi connectivity index (χ0) is 13.8. The summed E-state index contributed by atoms with van der Waals surface area (Å²) in [5.74, 6) is -0.108. The molecule has 18 heavy (non-hydrogen) atoms. The van der Waals surface area contributed by atoms with E-state index in [0.717, 1.165) is 20.4 Å². The van der Waals surface area contributed by atoms with Crippen molar-refractivity contribution >= 4 is 49.1 Å². The number of nitrogens with one attached hydrogen (secondary N) is 1. The van der Waals surface area contributed by atoms with Gasteiger partial charge in [0.1, 0.15) is 0 Å². The molecule has 6 heteroatoms. The van der Waals surface area contributed by atoms with Gasteiger partial charge in [-0.25, -0.2) is 0 Å². The number of aliphatic hydroxyl groups is 1. The van der Waals surface area contributed by atoms with Crippen LogP contribution in [0.4, 0.5) is 0 Å². The Balaban J connectivity index is 2.69. The highest BCUT2D eigenvalue weighted by Crippen LogP contribution is 2.32. The molecule has 3 nitrogen and oxygen atoms in total. The number of carbonyl (C=O) groups excluding carboxylic acids is 1. The van der Waals surface area contributed by atoms with Crippen LogP contribution < -0.4 is 5.32 Å². The number of amides is 1. The van der Waals surface area contributed by atoms with E-state index in [0.29, 0.717) is 12.1 Å². The summed E-state index contributed by atoms with van der Waals surface area (Å²) in [6.07, 6.45) is 1.68. The summed E-state index contributed by atoms with van der Waals surface area (Å²) < 4.78 is 1.73. The van der Waals surface area contributed by atoms with Crippen LogP contribution in [0.25, 0.3) is 0 Å². The van der Waals surface area contributed by atoms with Crippen molar-refractivity contribution in [3.05, 3.63) is 19.2 Å². The van der Waals surface area contributed by atoms with Crippen LogP contribution in [0.2, 0.25) is 0 Å². The molecule has 2 N–H and O–H groups in total. The smallest absolute Gasteiger partial charge is 0.253 e. The normalized spacial score (nSPS) is 11.6. The third-order valence-electron chi connectivity index (χ3n) is 3.36. The zero-order valence-corrected chi connectivity index (χ0v) is 14.4. The lowest BCUT2D eigenvalue weighted by molar-refractivity contribution is 0.0851. The maximum absolute atomic E-state index is 12.0. The van der Waals surface area contributed by atoms with Crippen LogP contribution >= 0.6 is 43.2 Å². The first-order chi connectivity index (χ1) is 8.48. The minimum atomic E-state index is -0.213. The van der Waals surface area contributed by atoms with E-state index in [1.165, 1.54) is 11.3 Å². The van der Waals surface area contributed by atoms with Crippen molar-refractivity contribution in [1.29, 1.82) is 0 Å². The molecule has 1 aromatic rings. The number of rotatable bonds is 6. The standard InChI is InChI=1S/C12H17Br2NO2S/c1-3-12(4-2,7-16)6-15-11(17)8-5-9(13)18-10(8)14/h5,16H,3-4,6-7H2,1-2H3,(H,15,17). The molecule has 0 unspecified atom stereocenters. The fraction of sp³-hybridized carbons (Fsp3) is 0.583. The van der Waals surface area contributed by atoms with Crippen LogP contribution in [-0.2, 0) is 0 Å². The average molecular weight is 399 g/mol. The number of halogens is 2. The maximum atomic E-state index is 12.0. The van der Waals surface area contributed by atoms with Crippen molar-refractivity contribution in [1.82, 2.24) is 5.32 Å². The van der Waals surface area contributed by atoms with Crippen molar-refractivity contribution in [3.8, 4) is 0 Å². The summed E-state index contributed by atoms with van der Waals surface area (Å²) in [5, 5.41) is 12.4. The highest BCUT2D eigenvalue weighted by molar-refractivity contribution is 9.12. The minimum absolute atomic E-state index is 0.0920. The van der Waals surface area contributed by atoms with Gasteiger partial charge in [-0.3, -0.25) is 4.79 Å². The van der Waals surface area contributed by atoms with E-state index >= 15 is 0 Å². The molecule has 1 rings (SSSR count). The highest BCUT2D eigenvalue weighted by atomic mass is 79.9. The van der Waals surface area contributed by atoms with Crippen LogP contribution in [0.5, 0.6) is 0 Å². The number of hydrogen-bond acceptors (Lipinski definition) is 3. The first-order valence-corrected chi connectivity index (χ1v) is 8.22. The molecule has 0 radical (unpaired) electrons. The number of carbonyl (C=O) groups is 1. The van der Waals surface area contributed by atoms with Gasteiger partial charge in [0.05, 0.1) is 19.7 Å². The molecule has 1 aromatic heterocycles. The first-order valence-electron chi connectivity index (χ1n) is 5.82. The Morgan fingerprint density at radius 2 is 2.06 bits per heavy atom. The van der Waals surface area contributed by atoms with Crippen LogP contribution in [0.1, 0.15) is 37.0 Å². The molecular formula is C12H17Br2NO2S. The summed E-state index contributed by atoms with van der Waals surface area (Å²) >= 11 is 8.19. The second kappa shape index (κ2) is 7.03. The largest absolute Gasteiger partial charge is 0.396 e. The van der Waals surface area contributed by atoms with Crippen LogP contribution in [-0.4, -0.2) is 24.2 Å². The Morgan fingerprint density at radius 3 is 2.44 bits per heavy atom. The SMILES string of the molecule is CCC(CC)(CO)CNC(=O)c1cc(Br)sc1Br. The van der Waals surface area contributed by atoms with E-state index in [-0.39, 0.29) is 17.9 Å². The molecule has 0 fully saturated rings. The summed E-state index contributed by atoms with van der Waals surface area (Å²) in [4.78, 5) is 12.0. The molecule has 1 amide bonds. The van der Waals surface area contributed by atoms with Gasteiger partial charge in [-0.15, -0.1) is 11.3 Å². The monoisotopic (exact) mass is 397 g/mol. The molecule has 0 saturated heterocycles. The average Bonchev–Trinajstić information content (AvgIpc) is 2.70. The lowest BCUT2D eigenvalue weighted by Gasteiger charge is -2.29. The van der Waals surface area contributed by atoms with E-state index in [1.807, 2.05) is 13.8 Å². The van der Waals surface area contributed by atoms with E-state index in [9.17, 15) is 9.90 Å². The van der Waals surface area contributed by atoms with E-state index in [2.05, 4.69) is 37.2 Å².